The van der Waals surface area contributed by atoms with E-state index in [4.69, 9.17) is 11.6 Å². The normalized spacial score (nSPS) is 11.7. The van der Waals surface area contributed by atoms with E-state index in [0.29, 0.717) is 11.4 Å². The van der Waals surface area contributed by atoms with Crippen LogP contribution in [-0.2, 0) is 9.59 Å². The van der Waals surface area contributed by atoms with Crippen LogP contribution >= 0.6 is 11.6 Å². The van der Waals surface area contributed by atoms with E-state index in [9.17, 15) is 24.5 Å². The van der Waals surface area contributed by atoms with Crippen molar-refractivity contribution in [3.8, 4) is 0 Å². The Morgan fingerprint density at radius 2 is 1.53 bits per heavy atom. The standard InChI is InChI=1S/C22H25ClN4O5/c1-12(2)19(26-21(29)14-8-9-17(23)18(10-14)27(31)32)22(30)25-16-7-5-6-15(11-16)24-20(28)13(3)4/h5-13,19H,1-4H3,(H,24,28)(H,25,30)(H,26,29). The number of halogens is 1. The highest BCUT2D eigenvalue weighted by molar-refractivity contribution is 6.32. The minimum atomic E-state index is -0.911. The molecule has 0 aliphatic heterocycles. The molecular formula is C22H25ClN4O5. The number of nitro benzene ring substituents is 1. The largest absolute Gasteiger partial charge is 0.340 e. The van der Waals surface area contributed by atoms with Gasteiger partial charge in [0.15, 0.2) is 0 Å². The van der Waals surface area contributed by atoms with Crippen LogP contribution in [0.1, 0.15) is 38.1 Å². The van der Waals surface area contributed by atoms with Crippen molar-refractivity contribution in [2.75, 3.05) is 10.6 Å². The van der Waals surface area contributed by atoms with Crippen molar-refractivity contribution in [1.82, 2.24) is 5.32 Å². The lowest BCUT2D eigenvalue weighted by molar-refractivity contribution is -0.384. The first kappa shape index (κ1) is 24.8. The quantitative estimate of drug-likeness (QED) is 0.400. The maximum atomic E-state index is 12.8. The Bertz CT molecular complexity index is 1040. The number of benzene rings is 2. The van der Waals surface area contributed by atoms with Gasteiger partial charge in [0, 0.05) is 28.9 Å². The average molecular weight is 461 g/mol. The Labute approximate surface area is 190 Å². The van der Waals surface area contributed by atoms with E-state index in [0.717, 1.165) is 6.07 Å². The van der Waals surface area contributed by atoms with Crippen LogP contribution in [0.25, 0.3) is 0 Å². The summed E-state index contributed by atoms with van der Waals surface area (Å²) in [5, 5.41) is 19.1. The molecule has 2 rings (SSSR count). The lowest BCUT2D eigenvalue weighted by atomic mass is 10.0. The molecule has 0 saturated carbocycles. The molecule has 0 bridgehead atoms. The van der Waals surface area contributed by atoms with E-state index in [-0.39, 0.29) is 28.3 Å². The van der Waals surface area contributed by atoms with Gasteiger partial charge in [-0.25, -0.2) is 0 Å². The van der Waals surface area contributed by atoms with E-state index >= 15 is 0 Å². The number of anilines is 2. The molecule has 2 aromatic carbocycles. The number of nitrogens with one attached hydrogen (secondary N) is 3. The highest BCUT2D eigenvalue weighted by Gasteiger charge is 2.26. The zero-order chi connectivity index (χ0) is 24.0. The van der Waals surface area contributed by atoms with Gasteiger partial charge in [0.2, 0.25) is 11.8 Å². The Morgan fingerprint density at radius 1 is 0.938 bits per heavy atom. The monoisotopic (exact) mass is 460 g/mol. The molecule has 0 spiro atoms. The molecular weight excluding hydrogens is 436 g/mol. The predicted octanol–water partition coefficient (Wildman–Crippen LogP) is 4.24. The summed E-state index contributed by atoms with van der Waals surface area (Å²) in [6.45, 7) is 7.06. The maximum Gasteiger partial charge on any atom is 0.288 e. The molecule has 1 atom stereocenters. The third-order valence-electron chi connectivity index (χ3n) is 4.56. The summed E-state index contributed by atoms with van der Waals surface area (Å²) in [4.78, 5) is 47.8. The van der Waals surface area contributed by atoms with Crippen LogP contribution in [0, 0.1) is 22.0 Å². The highest BCUT2D eigenvalue weighted by Crippen LogP contribution is 2.25. The molecule has 2 aromatic rings. The Kier molecular flexibility index (Phi) is 8.31. The van der Waals surface area contributed by atoms with Crippen molar-refractivity contribution in [3.05, 3.63) is 63.2 Å². The zero-order valence-electron chi connectivity index (χ0n) is 18.1. The van der Waals surface area contributed by atoms with Crippen LogP contribution in [-0.4, -0.2) is 28.7 Å². The van der Waals surface area contributed by atoms with Crippen molar-refractivity contribution in [2.45, 2.75) is 33.7 Å². The molecule has 0 aliphatic rings. The van der Waals surface area contributed by atoms with Crippen molar-refractivity contribution in [3.63, 3.8) is 0 Å². The van der Waals surface area contributed by atoms with Gasteiger partial charge in [-0.3, -0.25) is 24.5 Å². The SMILES string of the molecule is CC(C)C(=O)Nc1cccc(NC(=O)C(NC(=O)c2ccc(Cl)c([N+](=O)[O-])c2)C(C)C)c1. The Hall–Kier alpha value is -3.46. The molecule has 3 amide bonds. The number of nitrogens with zero attached hydrogens (tertiary/aromatic N) is 1. The summed E-state index contributed by atoms with van der Waals surface area (Å²) in [6, 6.07) is 9.41. The lowest BCUT2D eigenvalue weighted by Crippen LogP contribution is -2.47. The van der Waals surface area contributed by atoms with Crippen LogP contribution in [0.5, 0.6) is 0 Å². The van der Waals surface area contributed by atoms with Crippen LogP contribution in [0.15, 0.2) is 42.5 Å². The summed E-state index contributed by atoms with van der Waals surface area (Å²) in [6.07, 6.45) is 0. The molecule has 10 heteroatoms. The van der Waals surface area contributed by atoms with E-state index < -0.39 is 28.5 Å². The van der Waals surface area contributed by atoms with E-state index in [1.807, 2.05) is 0 Å². The number of carbonyl (C=O) groups is 3. The van der Waals surface area contributed by atoms with Crippen molar-refractivity contribution >= 4 is 46.4 Å². The summed E-state index contributed by atoms with van der Waals surface area (Å²) < 4.78 is 0. The average Bonchev–Trinajstić information content (AvgIpc) is 2.71. The Morgan fingerprint density at radius 3 is 2.06 bits per heavy atom. The second-order valence-corrected chi connectivity index (χ2v) is 8.24. The molecule has 0 fully saturated rings. The first-order valence-electron chi connectivity index (χ1n) is 9.96. The molecule has 3 N–H and O–H groups in total. The number of carbonyl (C=O) groups excluding carboxylic acids is 3. The third kappa shape index (κ3) is 6.52. The molecule has 0 saturated heterocycles. The van der Waals surface area contributed by atoms with E-state index in [1.165, 1.54) is 12.1 Å². The predicted molar refractivity (Wildman–Crippen MR) is 123 cm³/mol. The summed E-state index contributed by atoms with van der Waals surface area (Å²) >= 11 is 5.79. The fraction of sp³-hybridized carbons (Fsp3) is 0.318. The minimum absolute atomic E-state index is 0.0120. The van der Waals surface area contributed by atoms with Crippen molar-refractivity contribution in [1.29, 1.82) is 0 Å². The second-order valence-electron chi connectivity index (χ2n) is 7.83. The van der Waals surface area contributed by atoms with Gasteiger partial charge in [-0.1, -0.05) is 45.4 Å². The number of hydrogen-bond donors (Lipinski definition) is 3. The number of nitro groups is 1. The fourth-order valence-electron chi connectivity index (χ4n) is 2.73. The van der Waals surface area contributed by atoms with Gasteiger partial charge < -0.3 is 16.0 Å². The minimum Gasteiger partial charge on any atom is -0.340 e. The van der Waals surface area contributed by atoms with E-state index in [2.05, 4.69) is 16.0 Å². The highest BCUT2D eigenvalue weighted by atomic mass is 35.5. The summed E-state index contributed by atoms with van der Waals surface area (Å²) in [5.74, 6) is -1.74. The molecule has 0 radical (unpaired) electrons. The summed E-state index contributed by atoms with van der Waals surface area (Å²) in [7, 11) is 0. The second kappa shape index (κ2) is 10.7. The molecule has 0 aliphatic carbocycles. The van der Waals surface area contributed by atoms with Crippen LogP contribution < -0.4 is 16.0 Å². The number of amides is 3. The molecule has 0 aromatic heterocycles. The first-order valence-corrected chi connectivity index (χ1v) is 10.3. The number of rotatable bonds is 8. The van der Waals surface area contributed by atoms with Crippen LogP contribution in [0.4, 0.5) is 17.1 Å². The molecule has 170 valence electrons. The van der Waals surface area contributed by atoms with Crippen LogP contribution in [0.2, 0.25) is 5.02 Å². The van der Waals surface area contributed by atoms with Gasteiger partial charge in [0.05, 0.1) is 4.92 Å². The Balaban J connectivity index is 2.15. The van der Waals surface area contributed by atoms with Crippen molar-refractivity contribution < 1.29 is 19.3 Å². The first-order chi connectivity index (χ1) is 15.0. The van der Waals surface area contributed by atoms with Gasteiger partial charge in [0.25, 0.3) is 11.6 Å². The van der Waals surface area contributed by atoms with Gasteiger partial charge in [-0.2, -0.15) is 0 Å². The van der Waals surface area contributed by atoms with Gasteiger partial charge in [0.1, 0.15) is 11.1 Å². The van der Waals surface area contributed by atoms with Crippen LogP contribution in [0.3, 0.4) is 0 Å². The van der Waals surface area contributed by atoms with Gasteiger partial charge in [-0.05, 0) is 36.2 Å². The molecule has 32 heavy (non-hydrogen) atoms. The van der Waals surface area contributed by atoms with E-state index in [1.54, 1.807) is 52.0 Å². The third-order valence-corrected chi connectivity index (χ3v) is 4.88. The smallest absolute Gasteiger partial charge is 0.288 e. The topological polar surface area (TPSA) is 130 Å². The van der Waals surface area contributed by atoms with Gasteiger partial charge in [-0.15, -0.1) is 0 Å². The molecule has 0 heterocycles. The fourth-order valence-corrected chi connectivity index (χ4v) is 2.92. The maximum absolute atomic E-state index is 12.8. The molecule has 9 nitrogen and oxygen atoms in total. The van der Waals surface area contributed by atoms with Gasteiger partial charge >= 0.3 is 0 Å². The summed E-state index contributed by atoms with van der Waals surface area (Å²) in [5.41, 5.74) is 0.585. The zero-order valence-corrected chi connectivity index (χ0v) is 18.9. The lowest BCUT2D eigenvalue weighted by Gasteiger charge is -2.22. The van der Waals surface area contributed by atoms with Crippen molar-refractivity contribution in [2.24, 2.45) is 11.8 Å². The molecule has 1 unspecified atom stereocenters. The number of hydrogen-bond acceptors (Lipinski definition) is 5.